The molecule has 20 heavy (non-hydrogen) atoms. The van der Waals surface area contributed by atoms with Crippen molar-refractivity contribution in [3.05, 3.63) is 59.2 Å². The summed E-state index contributed by atoms with van der Waals surface area (Å²) in [4.78, 5) is 0. The fourth-order valence-electron chi connectivity index (χ4n) is 1.89. The average molecular weight is 269 g/mol. The number of nitrogens with zero attached hydrogens (tertiary/aromatic N) is 1. The van der Waals surface area contributed by atoms with E-state index in [1.807, 2.05) is 6.07 Å². The van der Waals surface area contributed by atoms with Crippen molar-refractivity contribution in [1.82, 2.24) is 0 Å². The van der Waals surface area contributed by atoms with Crippen LogP contribution in [0.3, 0.4) is 0 Å². The molecule has 1 atom stereocenters. The molecule has 0 bridgehead atoms. The summed E-state index contributed by atoms with van der Waals surface area (Å²) >= 11 is 0. The van der Waals surface area contributed by atoms with Crippen LogP contribution in [0.25, 0.3) is 0 Å². The first-order chi connectivity index (χ1) is 9.65. The van der Waals surface area contributed by atoms with E-state index in [1.165, 1.54) is 0 Å². The van der Waals surface area contributed by atoms with Gasteiger partial charge in [-0.1, -0.05) is 24.3 Å². The summed E-state index contributed by atoms with van der Waals surface area (Å²) in [6.07, 6.45) is -0.709. The molecule has 0 aliphatic carbocycles. The Morgan fingerprint density at radius 2 is 1.95 bits per heavy atom. The normalized spacial score (nSPS) is 11.7. The Hall–Kier alpha value is -2.35. The zero-order valence-corrected chi connectivity index (χ0v) is 11.1. The number of hydrogen-bond acceptors (Lipinski definition) is 4. The minimum atomic E-state index is -0.709. The molecule has 4 nitrogen and oxygen atoms in total. The molecule has 0 heterocycles. The van der Waals surface area contributed by atoms with E-state index >= 15 is 0 Å². The number of hydrogen-bond donors (Lipinski definition) is 2. The molecular weight excluding hydrogens is 254 g/mol. The van der Waals surface area contributed by atoms with Gasteiger partial charge < -0.3 is 14.9 Å². The van der Waals surface area contributed by atoms with Gasteiger partial charge >= 0.3 is 0 Å². The summed E-state index contributed by atoms with van der Waals surface area (Å²) in [6.45, 7) is 1.49. The van der Waals surface area contributed by atoms with Gasteiger partial charge in [0.15, 0.2) is 0 Å². The molecular formula is C16H15NO3. The lowest BCUT2D eigenvalue weighted by Crippen LogP contribution is -1.98. The molecule has 2 aromatic rings. The lowest BCUT2D eigenvalue weighted by Gasteiger charge is -2.15. The van der Waals surface area contributed by atoms with Gasteiger partial charge in [0, 0.05) is 11.1 Å². The molecule has 0 amide bonds. The number of para-hydroxylation sites is 1. The minimum Gasteiger partial charge on any atom is -0.457 e. The molecule has 0 unspecified atom stereocenters. The van der Waals surface area contributed by atoms with E-state index in [-0.39, 0.29) is 6.61 Å². The third-order valence-corrected chi connectivity index (χ3v) is 2.96. The third kappa shape index (κ3) is 2.97. The number of rotatable bonds is 4. The molecule has 0 radical (unpaired) electrons. The van der Waals surface area contributed by atoms with Crippen molar-refractivity contribution >= 4 is 0 Å². The Morgan fingerprint density at radius 3 is 2.60 bits per heavy atom. The Bertz CT molecular complexity index is 644. The summed E-state index contributed by atoms with van der Waals surface area (Å²) in [5, 5.41) is 28.0. The molecule has 0 aliphatic rings. The molecule has 2 rings (SSSR count). The minimum absolute atomic E-state index is 0.141. The van der Waals surface area contributed by atoms with E-state index in [1.54, 1.807) is 49.4 Å². The van der Waals surface area contributed by atoms with Gasteiger partial charge in [0.25, 0.3) is 0 Å². The Morgan fingerprint density at radius 1 is 1.20 bits per heavy atom. The Balaban J connectivity index is 2.44. The molecule has 102 valence electrons. The third-order valence-electron chi connectivity index (χ3n) is 2.96. The van der Waals surface area contributed by atoms with Gasteiger partial charge in [-0.05, 0) is 25.1 Å². The maximum absolute atomic E-state index is 9.76. The molecule has 2 aromatic carbocycles. The smallest absolute Gasteiger partial charge is 0.134 e. The van der Waals surface area contributed by atoms with Gasteiger partial charge in [0.05, 0.1) is 24.3 Å². The highest BCUT2D eigenvalue weighted by Crippen LogP contribution is 2.32. The fourth-order valence-corrected chi connectivity index (χ4v) is 1.89. The summed E-state index contributed by atoms with van der Waals surface area (Å²) in [6, 6.07) is 14.0. The lowest BCUT2D eigenvalue weighted by atomic mass is 10.1. The first-order valence-corrected chi connectivity index (χ1v) is 6.24. The molecule has 4 heteroatoms. The zero-order chi connectivity index (χ0) is 14.5. The summed E-state index contributed by atoms with van der Waals surface area (Å²) in [7, 11) is 0. The highest BCUT2D eigenvalue weighted by Gasteiger charge is 2.12. The monoisotopic (exact) mass is 269 g/mol. The van der Waals surface area contributed by atoms with Crippen molar-refractivity contribution < 1.29 is 14.9 Å². The molecule has 0 aliphatic heterocycles. The van der Waals surface area contributed by atoms with E-state index < -0.39 is 6.10 Å². The van der Waals surface area contributed by atoms with Crippen molar-refractivity contribution in [3.8, 4) is 17.6 Å². The van der Waals surface area contributed by atoms with Gasteiger partial charge in [-0.3, -0.25) is 0 Å². The lowest BCUT2D eigenvalue weighted by molar-refractivity contribution is 0.195. The van der Waals surface area contributed by atoms with E-state index in [0.29, 0.717) is 28.2 Å². The predicted octanol–water partition coefficient (Wildman–Crippen LogP) is 2.90. The van der Waals surface area contributed by atoms with Crippen molar-refractivity contribution in [3.63, 3.8) is 0 Å². The van der Waals surface area contributed by atoms with Crippen molar-refractivity contribution in [1.29, 1.82) is 5.26 Å². The standard InChI is InChI=1S/C16H15NO3/c1-11(19)14-7-6-12(9-17)8-16(14)20-15-5-3-2-4-13(15)10-18/h2-8,11,18-19H,10H2,1H3/t11-/m0/s1. The van der Waals surface area contributed by atoms with Gasteiger partial charge in [-0.25, -0.2) is 0 Å². The Kier molecular flexibility index (Phi) is 4.36. The molecule has 0 fully saturated rings. The summed E-state index contributed by atoms with van der Waals surface area (Å²) in [5.74, 6) is 0.923. The second-order valence-electron chi connectivity index (χ2n) is 4.41. The highest BCUT2D eigenvalue weighted by molar-refractivity contribution is 5.46. The zero-order valence-electron chi connectivity index (χ0n) is 11.1. The van der Waals surface area contributed by atoms with Crippen LogP contribution in [0.4, 0.5) is 0 Å². The van der Waals surface area contributed by atoms with E-state index in [2.05, 4.69) is 0 Å². The molecule has 0 saturated heterocycles. The van der Waals surface area contributed by atoms with Crippen molar-refractivity contribution in [2.24, 2.45) is 0 Å². The highest BCUT2D eigenvalue weighted by atomic mass is 16.5. The summed E-state index contributed by atoms with van der Waals surface area (Å²) < 4.78 is 5.76. The van der Waals surface area contributed by atoms with Crippen molar-refractivity contribution in [2.75, 3.05) is 0 Å². The second kappa shape index (κ2) is 6.20. The number of benzene rings is 2. The first-order valence-electron chi connectivity index (χ1n) is 6.24. The van der Waals surface area contributed by atoms with Crippen LogP contribution in [-0.4, -0.2) is 10.2 Å². The van der Waals surface area contributed by atoms with Crippen molar-refractivity contribution in [2.45, 2.75) is 19.6 Å². The SMILES string of the molecule is C[C@H](O)c1ccc(C#N)cc1Oc1ccccc1CO. The number of ether oxygens (including phenoxy) is 1. The predicted molar refractivity (Wildman–Crippen MR) is 74.2 cm³/mol. The van der Waals surface area contributed by atoms with Gasteiger partial charge in [-0.15, -0.1) is 0 Å². The van der Waals surface area contributed by atoms with E-state index in [4.69, 9.17) is 10.00 Å². The van der Waals surface area contributed by atoms with Crippen LogP contribution in [0.1, 0.15) is 29.7 Å². The molecule has 0 aromatic heterocycles. The molecule has 0 spiro atoms. The molecule has 0 saturated carbocycles. The van der Waals surface area contributed by atoms with Crippen LogP contribution in [0.2, 0.25) is 0 Å². The first kappa shape index (κ1) is 14.1. The quantitative estimate of drug-likeness (QED) is 0.895. The van der Waals surface area contributed by atoms with Crippen LogP contribution in [-0.2, 0) is 6.61 Å². The average Bonchev–Trinajstić information content (AvgIpc) is 2.47. The number of nitriles is 1. The van der Waals surface area contributed by atoms with Crippen LogP contribution in [0, 0.1) is 11.3 Å². The van der Waals surface area contributed by atoms with E-state index in [9.17, 15) is 10.2 Å². The van der Waals surface area contributed by atoms with Crippen LogP contribution >= 0.6 is 0 Å². The topological polar surface area (TPSA) is 73.5 Å². The van der Waals surface area contributed by atoms with Gasteiger partial charge in [0.2, 0.25) is 0 Å². The fraction of sp³-hybridized carbons (Fsp3) is 0.188. The maximum atomic E-state index is 9.76. The summed E-state index contributed by atoms with van der Waals surface area (Å²) in [5.41, 5.74) is 1.69. The van der Waals surface area contributed by atoms with Crippen LogP contribution < -0.4 is 4.74 Å². The second-order valence-corrected chi connectivity index (χ2v) is 4.41. The van der Waals surface area contributed by atoms with Gasteiger partial charge in [0.1, 0.15) is 11.5 Å². The number of aliphatic hydroxyl groups is 2. The number of aliphatic hydroxyl groups excluding tert-OH is 2. The Labute approximate surface area is 117 Å². The largest absolute Gasteiger partial charge is 0.457 e. The van der Waals surface area contributed by atoms with Crippen LogP contribution in [0.5, 0.6) is 11.5 Å². The maximum Gasteiger partial charge on any atom is 0.134 e. The van der Waals surface area contributed by atoms with Crippen LogP contribution in [0.15, 0.2) is 42.5 Å². The molecule has 2 N–H and O–H groups in total. The van der Waals surface area contributed by atoms with Gasteiger partial charge in [-0.2, -0.15) is 5.26 Å². The van der Waals surface area contributed by atoms with E-state index in [0.717, 1.165) is 0 Å².